The van der Waals surface area contributed by atoms with E-state index >= 15 is 0 Å². The average Bonchev–Trinajstić information content (AvgIpc) is 2.48. The first-order valence-corrected chi connectivity index (χ1v) is 6.88. The van der Waals surface area contributed by atoms with Gasteiger partial charge in [0.2, 0.25) is 17.7 Å². The normalized spacial score (nSPS) is 10.1. The summed E-state index contributed by atoms with van der Waals surface area (Å²) in [5.41, 5.74) is 0.436. The monoisotopic (exact) mass is 303 g/mol. The van der Waals surface area contributed by atoms with Gasteiger partial charge in [-0.1, -0.05) is 18.2 Å². The largest absolute Gasteiger partial charge is 0.478 e. The molecule has 0 saturated carbocycles. The number of hydrogen-bond donors (Lipinski definition) is 1. The van der Waals surface area contributed by atoms with E-state index < -0.39 is 6.09 Å². The van der Waals surface area contributed by atoms with Crippen molar-refractivity contribution in [1.82, 2.24) is 9.97 Å². The Hall–Kier alpha value is -2.83. The number of ether oxygens (including phenoxy) is 2. The fourth-order valence-corrected chi connectivity index (χ4v) is 1.82. The van der Waals surface area contributed by atoms with Crippen molar-refractivity contribution in [3.63, 3.8) is 0 Å². The van der Waals surface area contributed by atoms with E-state index in [1.54, 1.807) is 30.3 Å². The molecule has 0 bridgehead atoms. The molecule has 0 fully saturated rings. The van der Waals surface area contributed by atoms with Gasteiger partial charge in [0, 0.05) is 0 Å². The first kappa shape index (κ1) is 15.6. The van der Waals surface area contributed by atoms with Crippen LogP contribution in [-0.4, -0.2) is 34.4 Å². The highest BCUT2D eigenvalue weighted by atomic mass is 16.5. The Labute approximate surface area is 128 Å². The Kier molecular flexibility index (Phi) is 5.13. The van der Waals surface area contributed by atoms with E-state index in [2.05, 4.69) is 9.97 Å². The van der Waals surface area contributed by atoms with Crippen molar-refractivity contribution in [3.8, 4) is 11.8 Å². The van der Waals surface area contributed by atoms with Crippen LogP contribution in [0.5, 0.6) is 11.8 Å². The third-order valence-electron chi connectivity index (χ3n) is 2.66. The van der Waals surface area contributed by atoms with Crippen LogP contribution in [0.15, 0.2) is 36.4 Å². The number of para-hydroxylation sites is 1. The second-order valence-corrected chi connectivity index (χ2v) is 4.16. The molecule has 1 aromatic carbocycles. The summed E-state index contributed by atoms with van der Waals surface area (Å²) in [6.07, 6.45) is -1.19. The Morgan fingerprint density at radius 1 is 1.09 bits per heavy atom. The minimum atomic E-state index is -1.19. The standard InChI is InChI=1S/C15H17N3O4/c1-3-21-12-10-13(22-4-2)17-14(16-12)18(15(19)20)11-8-6-5-7-9-11/h5-10H,3-4H2,1-2H3,(H,19,20). The molecule has 1 N–H and O–H groups in total. The van der Waals surface area contributed by atoms with Gasteiger partial charge in [-0.15, -0.1) is 0 Å². The summed E-state index contributed by atoms with van der Waals surface area (Å²) in [4.78, 5) is 20.9. The van der Waals surface area contributed by atoms with Crippen LogP contribution >= 0.6 is 0 Å². The molecule has 116 valence electrons. The van der Waals surface area contributed by atoms with Crippen LogP contribution in [0.2, 0.25) is 0 Å². The van der Waals surface area contributed by atoms with E-state index in [1.807, 2.05) is 13.8 Å². The molecule has 2 aromatic rings. The molecule has 0 atom stereocenters. The molecular weight excluding hydrogens is 286 g/mol. The lowest BCUT2D eigenvalue weighted by atomic mass is 10.3. The number of anilines is 2. The second-order valence-electron chi connectivity index (χ2n) is 4.16. The summed E-state index contributed by atoms with van der Waals surface area (Å²) in [5, 5.41) is 9.49. The van der Waals surface area contributed by atoms with Gasteiger partial charge in [-0.25, -0.2) is 9.69 Å². The maximum Gasteiger partial charge on any atom is 0.418 e. The quantitative estimate of drug-likeness (QED) is 0.882. The topological polar surface area (TPSA) is 84.8 Å². The zero-order valence-corrected chi connectivity index (χ0v) is 12.4. The Balaban J connectivity index is 2.48. The van der Waals surface area contributed by atoms with Gasteiger partial charge in [-0.05, 0) is 26.0 Å². The first-order chi connectivity index (χ1) is 10.7. The molecule has 7 heteroatoms. The molecule has 7 nitrogen and oxygen atoms in total. The van der Waals surface area contributed by atoms with Crippen LogP contribution in [-0.2, 0) is 0 Å². The molecule has 0 radical (unpaired) electrons. The summed E-state index contributed by atoms with van der Waals surface area (Å²) in [6, 6.07) is 10.1. The zero-order chi connectivity index (χ0) is 15.9. The number of aromatic nitrogens is 2. The van der Waals surface area contributed by atoms with Crippen molar-refractivity contribution < 1.29 is 19.4 Å². The summed E-state index contributed by atoms with van der Waals surface area (Å²) < 4.78 is 10.7. The smallest absolute Gasteiger partial charge is 0.418 e. The van der Waals surface area contributed by atoms with Crippen molar-refractivity contribution in [2.45, 2.75) is 13.8 Å². The SMILES string of the molecule is CCOc1cc(OCC)nc(N(C(=O)O)c2ccccc2)n1. The fourth-order valence-electron chi connectivity index (χ4n) is 1.82. The Morgan fingerprint density at radius 3 is 2.09 bits per heavy atom. The maximum atomic E-state index is 11.6. The van der Waals surface area contributed by atoms with Crippen molar-refractivity contribution in [2.24, 2.45) is 0 Å². The van der Waals surface area contributed by atoms with E-state index in [1.165, 1.54) is 6.07 Å². The van der Waals surface area contributed by atoms with Gasteiger partial charge in [0.25, 0.3) is 0 Å². The zero-order valence-electron chi connectivity index (χ0n) is 12.4. The van der Waals surface area contributed by atoms with E-state index in [-0.39, 0.29) is 17.7 Å². The van der Waals surface area contributed by atoms with Gasteiger partial charge in [0.05, 0.1) is 25.0 Å². The molecule has 0 aliphatic heterocycles. The molecule has 0 unspecified atom stereocenters. The molecule has 22 heavy (non-hydrogen) atoms. The number of rotatable bonds is 6. The van der Waals surface area contributed by atoms with Crippen LogP contribution in [0.3, 0.4) is 0 Å². The van der Waals surface area contributed by atoms with Crippen LogP contribution < -0.4 is 14.4 Å². The lowest BCUT2D eigenvalue weighted by Gasteiger charge is -2.18. The summed E-state index contributed by atoms with van der Waals surface area (Å²) in [6.45, 7) is 4.43. The molecule has 0 saturated heterocycles. The van der Waals surface area contributed by atoms with Gasteiger partial charge in [0.1, 0.15) is 0 Å². The molecule has 2 rings (SSSR count). The number of benzene rings is 1. The first-order valence-electron chi connectivity index (χ1n) is 6.88. The van der Waals surface area contributed by atoms with Crippen LogP contribution in [0.25, 0.3) is 0 Å². The Morgan fingerprint density at radius 2 is 1.64 bits per heavy atom. The van der Waals surface area contributed by atoms with Gasteiger partial charge < -0.3 is 14.6 Å². The minimum Gasteiger partial charge on any atom is -0.478 e. The highest BCUT2D eigenvalue weighted by Crippen LogP contribution is 2.26. The third-order valence-corrected chi connectivity index (χ3v) is 2.66. The van der Waals surface area contributed by atoms with Gasteiger partial charge >= 0.3 is 6.09 Å². The van der Waals surface area contributed by atoms with Crippen molar-refractivity contribution in [1.29, 1.82) is 0 Å². The number of amides is 1. The summed E-state index contributed by atoms with van der Waals surface area (Å²) in [5.74, 6) is 0.504. The van der Waals surface area contributed by atoms with E-state index in [9.17, 15) is 9.90 Å². The highest BCUT2D eigenvalue weighted by Gasteiger charge is 2.21. The molecule has 0 spiro atoms. The molecule has 0 aliphatic carbocycles. The predicted octanol–water partition coefficient (Wildman–Crippen LogP) is 3.09. The second kappa shape index (κ2) is 7.26. The number of hydrogen-bond acceptors (Lipinski definition) is 5. The maximum absolute atomic E-state index is 11.6. The van der Waals surface area contributed by atoms with Crippen LogP contribution in [0.1, 0.15) is 13.8 Å². The molecule has 0 aliphatic rings. The van der Waals surface area contributed by atoms with E-state index in [0.29, 0.717) is 18.9 Å². The number of nitrogens with zero attached hydrogens (tertiary/aromatic N) is 3. The van der Waals surface area contributed by atoms with Crippen molar-refractivity contribution >= 4 is 17.7 Å². The third kappa shape index (κ3) is 3.63. The molecule has 1 heterocycles. The van der Waals surface area contributed by atoms with E-state index in [4.69, 9.17) is 9.47 Å². The van der Waals surface area contributed by atoms with Gasteiger partial charge in [-0.3, -0.25) is 0 Å². The van der Waals surface area contributed by atoms with Gasteiger partial charge in [0.15, 0.2) is 0 Å². The van der Waals surface area contributed by atoms with Crippen LogP contribution in [0, 0.1) is 0 Å². The minimum absolute atomic E-state index is 0.0203. The highest BCUT2D eigenvalue weighted by molar-refractivity contribution is 5.92. The predicted molar refractivity (Wildman–Crippen MR) is 81.0 cm³/mol. The summed E-state index contributed by atoms with van der Waals surface area (Å²) >= 11 is 0. The van der Waals surface area contributed by atoms with E-state index in [0.717, 1.165) is 4.90 Å². The lowest BCUT2D eigenvalue weighted by molar-refractivity contribution is 0.204. The van der Waals surface area contributed by atoms with Crippen LogP contribution in [0.4, 0.5) is 16.4 Å². The number of carboxylic acid groups (broad SMARTS) is 1. The molecule has 1 amide bonds. The van der Waals surface area contributed by atoms with Crippen molar-refractivity contribution in [3.05, 3.63) is 36.4 Å². The van der Waals surface area contributed by atoms with Crippen molar-refractivity contribution in [2.75, 3.05) is 18.1 Å². The molecule has 1 aromatic heterocycles. The summed E-state index contributed by atoms with van der Waals surface area (Å²) in [7, 11) is 0. The molecular formula is C15H17N3O4. The lowest BCUT2D eigenvalue weighted by Crippen LogP contribution is -2.26. The van der Waals surface area contributed by atoms with Gasteiger partial charge in [-0.2, -0.15) is 9.97 Å². The average molecular weight is 303 g/mol. The Bertz CT molecular complexity index is 610. The fraction of sp³-hybridized carbons (Fsp3) is 0.267. The number of carbonyl (C=O) groups is 1.